The minimum Gasteiger partial charge on any atom is -0.395 e. The minimum absolute atomic E-state index is 0.0747. The Labute approximate surface area is 121 Å². The zero-order chi connectivity index (χ0) is 15.3. The first-order valence-corrected chi connectivity index (χ1v) is 7.42. The number of nitrogens with one attached hydrogen (secondary N) is 2. The molecule has 6 nitrogen and oxygen atoms in total. The quantitative estimate of drug-likeness (QED) is 0.737. The molecule has 2 rings (SSSR count). The van der Waals surface area contributed by atoms with Crippen molar-refractivity contribution in [1.29, 1.82) is 0 Å². The molecule has 1 aromatic heterocycles. The number of H-pyrrole nitrogens is 1. The molecule has 0 aliphatic heterocycles. The highest BCUT2D eigenvalue weighted by Crippen LogP contribution is 2.17. The van der Waals surface area contributed by atoms with Crippen LogP contribution in [0.3, 0.4) is 0 Å². The van der Waals surface area contributed by atoms with Gasteiger partial charge in [0.1, 0.15) is 5.82 Å². The number of anilines is 1. The minimum atomic E-state index is -3.89. The first-order chi connectivity index (χ1) is 10.0. The van der Waals surface area contributed by atoms with Crippen LogP contribution in [0, 0.1) is 17.7 Å². The second kappa shape index (κ2) is 6.39. The molecule has 0 fully saturated rings. The van der Waals surface area contributed by atoms with Gasteiger partial charge in [0.25, 0.3) is 10.0 Å². The second-order valence-corrected chi connectivity index (χ2v) is 5.69. The molecule has 0 aliphatic rings. The maximum Gasteiger partial charge on any atom is 0.262 e. The lowest BCUT2D eigenvalue weighted by Gasteiger charge is -2.06. The summed E-state index contributed by atoms with van der Waals surface area (Å²) in [6, 6.07) is 3.43. The number of aliphatic hydroxyl groups excluding tert-OH is 1. The van der Waals surface area contributed by atoms with Crippen molar-refractivity contribution in [2.45, 2.75) is 11.3 Å². The number of halogens is 1. The van der Waals surface area contributed by atoms with Crippen LogP contribution < -0.4 is 4.72 Å². The lowest BCUT2D eigenvalue weighted by atomic mass is 10.2. The Bertz CT molecular complexity index is 777. The zero-order valence-corrected chi connectivity index (χ0v) is 11.6. The SMILES string of the molecule is O=S(=O)(Nc1cn[nH]c1)c1ccc(C#CCCO)c(F)c1. The predicted octanol–water partition coefficient (Wildman–Crippen LogP) is 1.08. The Morgan fingerprint density at radius 3 is 2.86 bits per heavy atom. The van der Waals surface area contributed by atoms with Gasteiger partial charge in [-0.05, 0) is 18.2 Å². The van der Waals surface area contributed by atoms with Crippen molar-refractivity contribution in [1.82, 2.24) is 10.2 Å². The van der Waals surface area contributed by atoms with Gasteiger partial charge in [-0.2, -0.15) is 5.10 Å². The fraction of sp³-hybridized carbons (Fsp3) is 0.154. The molecule has 0 spiro atoms. The molecule has 0 unspecified atom stereocenters. The number of benzene rings is 1. The van der Waals surface area contributed by atoms with Crippen LogP contribution in [-0.4, -0.2) is 30.3 Å². The normalized spacial score (nSPS) is 10.8. The van der Waals surface area contributed by atoms with Gasteiger partial charge >= 0.3 is 0 Å². The Morgan fingerprint density at radius 2 is 2.24 bits per heavy atom. The second-order valence-electron chi connectivity index (χ2n) is 4.01. The van der Waals surface area contributed by atoms with Crippen LogP contribution in [0.25, 0.3) is 0 Å². The van der Waals surface area contributed by atoms with Gasteiger partial charge in [-0.1, -0.05) is 11.8 Å². The Hall–Kier alpha value is -2.37. The monoisotopic (exact) mass is 309 g/mol. The summed E-state index contributed by atoms with van der Waals surface area (Å²) in [4.78, 5) is -0.214. The number of aliphatic hydroxyl groups is 1. The molecule has 110 valence electrons. The highest BCUT2D eigenvalue weighted by molar-refractivity contribution is 7.92. The van der Waals surface area contributed by atoms with E-state index in [9.17, 15) is 12.8 Å². The van der Waals surface area contributed by atoms with E-state index >= 15 is 0 Å². The van der Waals surface area contributed by atoms with Crippen LogP contribution in [0.2, 0.25) is 0 Å². The summed E-state index contributed by atoms with van der Waals surface area (Å²) in [5.74, 6) is 4.35. The summed E-state index contributed by atoms with van der Waals surface area (Å²) >= 11 is 0. The van der Waals surface area contributed by atoms with Gasteiger partial charge in [-0.3, -0.25) is 9.82 Å². The van der Waals surface area contributed by atoms with Crippen molar-refractivity contribution in [3.05, 3.63) is 42.0 Å². The molecular weight excluding hydrogens is 297 g/mol. The molecule has 2 aromatic rings. The average Bonchev–Trinajstić information content (AvgIpc) is 2.93. The third-order valence-electron chi connectivity index (χ3n) is 2.46. The largest absolute Gasteiger partial charge is 0.395 e. The molecule has 3 N–H and O–H groups in total. The van der Waals surface area contributed by atoms with E-state index in [-0.39, 0.29) is 29.2 Å². The molecule has 0 radical (unpaired) electrons. The standard InChI is InChI=1S/C13H12FN3O3S/c14-13-7-12(5-4-10(13)3-1-2-6-18)21(19,20)17-11-8-15-16-9-11/h4-5,7-9,17-18H,2,6H2,(H,15,16). The number of hydrogen-bond acceptors (Lipinski definition) is 4. The van der Waals surface area contributed by atoms with Crippen molar-refractivity contribution >= 4 is 15.7 Å². The summed E-state index contributed by atoms with van der Waals surface area (Å²) in [5, 5.41) is 14.7. The van der Waals surface area contributed by atoms with Crippen molar-refractivity contribution in [3.8, 4) is 11.8 Å². The number of aromatic nitrogens is 2. The third-order valence-corrected chi connectivity index (χ3v) is 3.84. The number of sulfonamides is 1. The van der Waals surface area contributed by atoms with Crippen molar-refractivity contribution in [3.63, 3.8) is 0 Å². The molecule has 1 aromatic carbocycles. The molecular formula is C13H12FN3O3S. The van der Waals surface area contributed by atoms with Crippen LogP contribution in [0.1, 0.15) is 12.0 Å². The third kappa shape index (κ3) is 3.81. The molecule has 0 saturated heterocycles. The molecule has 21 heavy (non-hydrogen) atoms. The smallest absolute Gasteiger partial charge is 0.262 e. The molecule has 1 heterocycles. The van der Waals surface area contributed by atoms with E-state index in [1.807, 2.05) is 0 Å². The lowest BCUT2D eigenvalue weighted by molar-refractivity contribution is 0.305. The first kappa shape index (κ1) is 15.0. The molecule has 0 atom stereocenters. The lowest BCUT2D eigenvalue weighted by Crippen LogP contribution is -2.12. The molecule has 0 aliphatic carbocycles. The van der Waals surface area contributed by atoms with E-state index in [2.05, 4.69) is 26.8 Å². The van der Waals surface area contributed by atoms with E-state index in [0.717, 1.165) is 6.07 Å². The van der Waals surface area contributed by atoms with Crippen molar-refractivity contribution in [2.24, 2.45) is 0 Å². The molecule has 0 bridgehead atoms. The molecule has 8 heteroatoms. The van der Waals surface area contributed by atoms with E-state index in [1.165, 1.54) is 24.5 Å². The van der Waals surface area contributed by atoms with Crippen LogP contribution in [0.5, 0.6) is 0 Å². The van der Waals surface area contributed by atoms with Gasteiger partial charge in [-0.15, -0.1) is 0 Å². The van der Waals surface area contributed by atoms with E-state index in [1.54, 1.807) is 0 Å². The van der Waals surface area contributed by atoms with E-state index in [0.29, 0.717) is 0 Å². The van der Waals surface area contributed by atoms with Crippen LogP contribution >= 0.6 is 0 Å². The van der Waals surface area contributed by atoms with Crippen molar-refractivity contribution < 1.29 is 17.9 Å². The fourth-order valence-electron chi connectivity index (χ4n) is 1.50. The number of rotatable bonds is 4. The fourth-order valence-corrected chi connectivity index (χ4v) is 2.54. The number of hydrogen-bond donors (Lipinski definition) is 3. The summed E-state index contributed by atoms with van der Waals surface area (Å²) < 4.78 is 40.1. The highest BCUT2D eigenvalue weighted by atomic mass is 32.2. The predicted molar refractivity (Wildman–Crippen MR) is 74.4 cm³/mol. The Balaban J connectivity index is 2.25. The van der Waals surface area contributed by atoms with Gasteiger partial charge in [0, 0.05) is 12.6 Å². The van der Waals surface area contributed by atoms with Gasteiger partial charge in [0.2, 0.25) is 0 Å². The summed E-state index contributed by atoms with van der Waals surface area (Å²) in [6.45, 7) is -0.115. The van der Waals surface area contributed by atoms with Gasteiger partial charge in [-0.25, -0.2) is 12.8 Å². The average molecular weight is 309 g/mol. The summed E-state index contributed by atoms with van der Waals surface area (Å²) in [6.07, 6.45) is 2.88. The van der Waals surface area contributed by atoms with Gasteiger partial charge in [0.05, 0.1) is 29.0 Å². The maximum atomic E-state index is 13.8. The molecule has 0 saturated carbocycles. The van der Waals surface area contributed by atoms with Crippen LogP contribution in [-0.2, 0) is 10.0 Å². The Kier molecular flexibility index (Phi) is 4.57. The van der Waals surface area contributed by atoms with E-state index in [4.69, 9.17) is 5.11 Å². The topological polar surface area (TPSA) is 95.1 Å². The first-order valence-electron chi connectivity index (χ1n) is 5.94. The van der Waals surface area contributed by atoms with Crippen LogP contribution in [0.4, 0.5) is 10.1 Å². The highest BCUT2D eigenvalue weighted by Gasteiger charge is 2.16. The summed E-state index contributed by atoms with van der Waals surface area (Å²) in [7, 11) is -3.89. The Morgan fingerprint density at radius 1 is 1.43 bits per heavy atom. The van der Waals surface area contributed by atoms with Gasteiger partial charge in [0.15, 0.2) is 0 Å². The summed E-state index contributed by atoms with van der Waals surface area (Å²) in [5.41, 5.74) is 0.327. The van der Waals surface area contributed by atoms with E-state index < -0.39 is 15.8 Å². The molecule has 0 amide bonds. The van der Waals surface area contributed by atoms with Crippen molar-refractivity contribution in [2.75, 3.05) is 11.3 Å². The number of aromatic amines is 1. The van der Waals surface area contributed by atoms with Gasteiger partial charge < -0.3 is 5.11 Å². The maximum absolute atomic E-state index is 13.8. The zero-order valence-electron chi connectivity index (χ0n) is 10.8. The van der Waals surface area contributed by atoms with Crippen LogP contribution in [0.15, 0.2) is 35.5 Å². The number of nitrogens with zero attached hydrogens (tertiary/aromatic N) is 1.